The minimum Gasteiger partial charge on any atom is -0.335 e. The second-order valence-corrected chi connectivity index (χ2v) is 8.91. The summed E-state index contributed by atoms with van der Waals surface area (Å²) in [6.45, 7) is 3.24. The number of rotatable bonds is 5. The van der Waals surface area contributed by atoms with Gasteiger partial charge in [-0.25, -0.2) is 4.79 Å². The van der Waals surface area contributed by atoms with E-state index in [1.54, 1.807) is 5.57 Å². The zero-order valence-corrected chi connectivity index (χ0v) is 18.5. The van der Waals surface area contributed by atoms with Crippen molar-refractivity contribution in [2.45, 2.75) is 57.4 Å². The number of piperidine rings is 1. The topological polar surface area (TPSA) is 44.4 Å². The van der Waals surface area contributed by atoms with Crippen molar-refractivity contribution < 1.29 is 4.79 Å². The maximum atomic E-state index is 12.5. The number of hydrogen-bond acceptors (Lipinski definition) is 2. The van der Waals surface area contributed by atoms with Gasteiger partial charge in [0.05, 0.1) is 0 Å². The maximum absolute atomic E-state index is 12.5. The molecule has 0 radical (unpaired) electrons. The third-order valence-corrected chi connectivity index (χ3v) is 6.48. The number of nitrogens with one attached hydrogen (secondary N) is 2. The van der Waals surface area contributed by atoms with Gasteiger partial charge in [-0.2, -0.15) is 0 Å². The molecule has 2 aliphatic rings. The largest absolute Gasteiger partial charge is 0.335 e. The van der Waals surface area contributed by atoms with Gasteiger partial charge in [-0.3, -0.25) is 4.90 Å². The Bertz CT molecular complexity index is 852. The molecule has 1 heterocycles. The molecule has 31 heavy (non-hydrogen) atoms. The van der Waals surface area contributed by atoms with Gasteiger partial charge in [0.1, 0.15) is 0 Å². The molecule has 1 aliphatic heterocycles. The lowest BCUT2D eigenvalue weighted by Gasteiger charge is -2.33. The first-order valence-electron chi connectivity index (χ1n) is 11.9. The van der Waals surface area contributed by atoms with Crippen LogP contribution in [0.2, 0.25) is 0 Å². The van der Waals surface area contributed by atoms with Gasteiger partial charge in [0.25, 0.3) is 0 Å². The Morgan fingerprint density at radius 1 is 0.871 bits per heavy atom. The van der Waals surface area contributed by atoms with E-state index in [0.717, 1.165) is 43.7 Å². The highest BCUT2D eigenvalue weighted by atomic mass is 16.2. The molecule has 2 aromatic rings. The van der Waals surface area contributed by atoms with Crippen LogP contribution in [0.4, 0.5) is 10.5 Å². The highest BCUT2D eigenvalue weighted by Gasteiger charge is 2.21. The Labute approximate surface area is 186 Å². The molecule has 0 unspecified atom stereocenters. The zero-order valence-electron chi connectivity index (χ0n) is 18.5. The summed E-state index contributed by atoms with van der Waals surface area (Å²) in [6.07, 6.45) is 12.5. The Morgan fingerprint density at radius 3 is 2.35 bits per heavy atom. The Morgan fingerprint density at radius 2 is 1.58 bits per heavy atom. The van der Waals surface area contributed by atoms with Crippen LogP contribution in [0.5, 0.6) is 0 Å². The van der Waals surface area contributed by atoms with E-state index in [1.165, 1.54) is 44.1 Å². The summed E-state index contributed by atoms with van der Waals surface area (Å²) in [7, 11) is 0. The lowest BCUT2D eigenvalue weighted by atomic mass is 9.98. The van der Waals surface area contributed by atoms with Gasteiger partial charge in [0.2, 0.25) is 0 Å². The summed E-state index contributed by atoms with van der Waals surface area (Å²) in [5, 5.41) is 6.15. The quantitative estimate of drug-likeness (QED) is 0.567. The van der Waals surface area contributed by atoms with Crippen LogP contribution in [0.1, 0.15) is 51.4 Å². The van der Waals surface area contributed by atoms with E-state index in [9.17, 15) is 4.79 Å². The molecule has 164 valence electrons. The fourth-order valence-electron chi connectivity index (χ4n) is 4.65. The van der Waals surface area contributed by atoms with Crippen LogP contribution in [0, 0.1) is 0 Å². The van der Waals surface area contributed by atoms with E-state index in [-0.39, 0.29) is 12.1 Å². The second kappa shape index (κ2) is 11.1. The molecule has 2 N–H and O–H groups in total. The number of anilines is 1. The molecule has 0 saturated carbocycles. The van der Waals surface area contributed by atoms with Gasteiger partial charge in [-0.05, 0) is 61.8 Å². The van der Waals surface area contributed by atoms with E-state index >= 15 is 0 Å². The predicted molar refractivity (Wildman–Crippen MR) is 129 cm³/mol. The number of carbonyl (C=O) groups excluding carboxylic acids is 1. The number of hydrogen-bond donors (Lipinski definition) is 2. The van der Waals surface area contributed by atoms with Crippen molar-refractivity contribution in [3.05, 3.63) is 66.2 Å². The van der Waals surface area contributed by atoms with Gasteiger partial charge >= 0.3 is 6.03 Å². The first-order valence-corrected chi connectivity index (χ1v) is 11.9. The van der Waals surface area contributed by atoms with Crippen molar-refractivity contribution in [1.82, 2.24) is 10.2 Å². The van der Waals surface area contributed by atoms with Gasteiger partial charge in [-0.1, -0.05) is 67.0 Å². The number of nitrogens with zero attached hydrogens (tertiary/aromatic N) is 1. The van der Waals surface area contributed by atoms with E-state index in [1.807, 2.05) is 42.5 Å². The molecule has 0 bridgehead atoms. The average Bonchev–Trinajstić information content (AvgIpc) is 2.78. The number of carbonyl (C=O) groups is 1. The van der Waals surface area contributed by atoms with Crippen LogP contribution < -0.4 is 10.6 Å². The summed E-state index contributed by atoms with van der Waals surface area (Å²) in [5.41, 5.74) is 4.78. The lowest BCUT2D eigenvalue weighted by molar-refractivity contribution is 0.205. The Hall–Kier alpha value is -2.59. The Balaban J connectivity index is 1.20. The fourth-order valence-corrected chi connectivity index (χ4v) is 4.65. The van der Waals surface area contributed by atoms with Gasteiger partial charge in [-0.15, -0.1) is 0 Å². The van der Waals surface area contributed by atoms with Crippen LogP contribution in [-0.2, 0) is 0 Å². The summed E-state index contributed by atoms with van der Waals surface area (Å²) in [4.78, 5) is 15.0. The molecule has 4 rings (SSSR count). The molecule has 1 aliphatic carbocycles. The molecule has 0 aromatic heterocycles. The first-order chi connectivity index (χ1) is 15.3. The molecule has 1 fully saturated rings. The molecular formula is C27H35N3O. The number of likely N-dealkylation sites (tertiary alicyclic amines) is 1. The van der Waals surface area contributed by atoms with E-state index in [2.05, 4.69) is 33.7 Å². The minimum atomic E-state index is -0.103. The van der Waals surface area contributed by atoms with Gasteiger partial charge < -0.3 is 10.6 Å². The van der Waals surface area contributed by atoms with Crippen LogP contribution in [0.15, 0.2) is 66.2 Å². The van der Waals surface area contributed by atoms with Gasteiger partial charge in [0, 0.05) is 31.4 Å². The predicted octanol–water partition coefficient (Wildman–Crippen LogP) is 6.22. The summed E-state index contributed by atoms with van der Waals surface area (Å²) in [5.74, 6) is 0. The highest BCUT2D eigenvalue weighted by molar-refractivity contribution is 5.89. The Kier molecular flexibility index (Phi) is 7.78. The molecule has 0 spiro atoms. The number of urea groups is 1. The number of benzene rings is 2. The number of amides is 2. The summed E-state index contributed by atoms with van der Waals surface area (Å²) < 4.78 is 0. The van der Waals surface area contributed by atoms with Crippen LogP contribution in [0.25, 0.3) is 11.1 Å². The smallest absolute Gasteiger partial charge is 0.319 e. The van der Waals surface area contributed by atoms with Crippen molar-refractivity contribution in [3.63, 3.8) is 0 Å². The SMILES string of the molecule is O=C(Nc1ccc(-c2ccccc2)cc1)NC1CCN(CC2=CCCCCCC2)CC1. The van der Waals surface area contributed by atoms with E-state index in [0.29, 0.717) is 0 Å². The van der Waals surface area contributed by atoms with Crippen molar-refractivity contribution in [2.75, 3.05) is 25.0 Å². The molecule has 4 nitrogen and oxygen atoms in total. The molecule has 1 saturated heterocycles. The maximum Gasteiger partial charge on any atom is 0.319 e. The molecule has 4 heteroatoms. The lowest BCUT2D eigenvalue weighted by Crippen LogP contribution is -2.46. The molecule has 2 aromatic carbocycles. The first kappa shape index (κ1) is 21.6. The van der Waals surface area contributed by atoms with Crippen molar-refractivity contribution in [2.24, 2.45) is 0 Å². The van der Waals surface area contributed by atoms with Crippen molar-refractivity contribution in [3.8, 4) is 11.1 Å². The highest BCUT2D eigenvalue weighted by Crippen LogP contribution is 2.22. The molecule has 0 atom stereocenters. The standard InChI is InChI=1S/C27H35N3O/c31-27(28-25-15-13-24(14-16-25)23-11-7-4-8-12-23)29-26-17-19-30(20-18-26)21-22-9-5-2-1-3-6-10-22/h4,7-9,11-16,26H,1-3,5-6,10,17-21H2,(H2,28,29,31). The zero-order chi connectivity index (χ0) is 21.3. The summed E-state index contributed by atoms with van der Waals surface area (Å²) in [6, 6.07) is 18.5. The fraction of sp³-hybridized carbons (Fsp3) is 0.444. The average molecular weight is 418 g/mol. The van der Waals surface area contributed by atoms with E-state index < -0.39 is 0 Å². The molecule has 2 amide bonds. The normalized spacial score (nSPS) is 18.5. The third-order valence-electron chi connectivity index (χ3n) is 6.48. The summed E-state index contributed by atoms with van der Waals surface area (Å²) >= 11 is 0. The van der Waals surface area contributed by atoms with Crippen LogP contribution in [-0.4, -0.2) is 36.6 Å². The van der Waals surface area contributed by atoms with Crippen molar-refractivity contribution in [1.29, 1.82) is 0 Å². The van der Waals surface area contributed by atoms with E-state index in [4.69, 9.17) is 0 Å². The number of allylic oxidation sites excluding steroid dienone is 1. The van der Waals surface area contributed by atoms with Gasteiger partial charge in [0.15, 0.2) is 0 Å². The molecular weight excluding hydrogens is 382 g/mol. The third kappa shape index (κ3) is 6.70. The second-order valence-electron chi connectivity index (χ2n) is 8.91. The van der Waals surface area contributed by atoms with Crippen molar-refractivity contribution >= 4 is 11.7 Å². The monoisotopic (exact) mass is 417 g/mol. The minimum absolute atomic E-state index is 0.103. The van der Waals surface area contributed by atoms with Crippen LogP contribution >= 0.6 is 0 Å². The van der Waals surface area contributed by atoms with Crippen LogP contribution in [0.3, 0.4) is 0 Å².